The number of nitrogens with zero attached hydrogens (tertiary/aromatic N) is 4. The van der Waals surface area contributed by atoms with Gasteiger partial charge in [0.25, 0.3) is 19.6 Å². The van der Waals surface area contributed by atoms with E-state index in [4.69, 9.17) is 23.8 Å². The summed E-state index contributed by atoms with van der Waals surface area (Å²) >= 11 is 0. The minimum Gasteiger partial charge on any atom is -0.390 e. The number of fused-ring (bicyclic) bond motifs is 2. The molecule has 4 heterocycles. The molecule has 6 rings (SSSR count). The molecule has 51 heavy (non-hydrogen) atoms. The lowest BCUT2D eigenvalue weighted by Crippen LogP contribution is -2.36. The number of H-pyrrole nitrogens is 2. The number of nitrogens with one attached hydrogen (secondary N) is 2. The van der Waals surface area contributed by atoms with Crippen LogP contribution < -0.4 is 22.5 Å². The zero-order valence-electron chi connectivity index (χ0n) is 30.8. The molecule has 15 nitrogen and oxygen atoms in total. The Kier molecular flexibility index (Phi) is 12.6. The highest BCUT2D eigenvalue weighted by molar-refractivity contribution is 7.44. The Morgan fingerprint density at radius 1 is 0.882 bits per heavy atom. The van der Waals surface area contributed by atoms with Crippen LogP contribution in [-0.2, 0) is 18.5 Å². The maximum Gasteiger partial charge on any atom is 0.330 e. The van der Waals surface area contributed by atoms with Crippen molar-refractivity contribution in [2.24, 2.45) is 23.7 Å². The SMILES string of the molecule is Cc1cn([C@@H]2C[C@@H]3[C@H](O2)[C@H](O)C[C@H]3C)c(=O)[nH]c1=O.Cc1cn([C@@H]2C[C@@H]3[C@H](O2)[C@H](OP(OCCC#N)N(C(C)C)C(C)C)C[C@H]3C)c(=O)[nH]c1=O. The summed E-state index contributed by atoms with van der Waals surface area (Å²) in [4.78, 5) is 51.9. The first-order valence-electron chi connectivity index (χ1n) is 18.0. The highest BCUT2D eigenvalue weighted by Gasteiger charge is 2.51. The van der Waals surface area contributed by atoms with E-state index < -0.39 is 38.5 Å². The number of aromatic nitrogens is 4. The zero-order valence-corrected chi connectivity index (χ0v) is 31.7. The smallest absolute Gasteiger partial charge is 0.330 e. The first kappa shape index (κ1) is 39.3. The molecule has 0 radical (unpaired) electrons. The van der Waals surface area contributed by atoms with Crippen molar-refractivity contribution < 1.29 is 23.6 Å². The highest BCUT2D eigenvalue weighted by atomic mass is 31.2. The number of nitriles is 1. The highest BCUT2D eigenvalue weighted by Crippen LogP contribution is 2.54. The molecular formula is C35H53N6O9P. The van der Waals surface area contributed by atoms with Crippen molar-refractivity contribution >= 4 is 8.53 Å². The van der Waals surface area contributed by atoms with Gasteiger partial charge in [0, 0.05) is 35.6 Å². The fraction of sp³-hybridized carbons (Fsp3) is 0.743. The molecule has 3 N–H and O–H groups in total. The zero-order chi connectivity index (χ0) is 37.3. The summed E-state index contributed by atoms with van der Waals surface area (Å²) in [6.07, 6.45) is 4.64. The van der Waals surface area contributed by atoms with Crippen molar-refractivity contribution in [1.29, 1.82) is 5.26 Å². The van der Waals surface area contributed by atoms with Crippen LogP contribution in [0.4, 0.5) is 0 Å². The normalized spacial score (nSPS) is 31.8. The van der Waals surface area contributed by atoms with Crippen LogP contribution in [0, 0.1) is 48.9 Å². The van der Waals surface area contributed by atoms with E-state index in [1.54, 1.807) is 20.0 Å². The summed E-state index contributed by atoms with van der Waals surface area (Å²) in [5.41, 5.74) is -0.695. The molecule has 0 spiro atoms. The number of aromatic amines is 2. The molecule has 0 bridgehead atoms. The Hall–Kier alpha value is -2.96. The first-order valence-corrected chi connectivity index (χ1v) is 19.1. The monoisotopic (exact) mass is 732 g/mol. The average Bonchev–Trinajstić information content (AvgIpc) is 3.81. The molecule has 2 saturated heterocycles. The summed E-state index contributed by atoms with van der Waals surface area (Å²) in [5.74, 6) is 1.30. The first-order chi connectivity index (χ1) is 24.1. The predicted octanol–water partition coefficient (Wildman–Crippen LogP) is 3.60. The van der Waals surface area contributed by atoms with Crippen molar-refractivity contribution in [2.45, 2.75) is 136 Å². The van der Waals surface area contributed by atoms with Crippen LogP contribution in [0.1, 0.15) is 97.2 Å². The van der Waals surface area contributed by atoms with E-state index in [0.717, 1.165) is 12.8 Å². The summed E-state index contributed by atoms with van der Waals surface area (Å²) in [6, 6.07) is 2.57. The van der Waals surface area contributed by atoms with Gasteiger partial charge in [-0.15, -0.1) is 0 Å². The molecule has 16 heteroatoms. The summed E-state index contributed by atoms with van der Waals surface area (Å²) in [7, 11) is -1.37. The minimum absolute atomic E-state index is 0.153. The number of aliphatic hydroxyl groups is 1. The van der Waals surface area contributed by atoms with E-state index in [0.29, 0.717) is 48.8 Å². The van der Waals surface area contributed by atoms with Crippen molar-refractivity contribution in [1.82, 2.24) is 23.8 Å². The van der Waals surface area contributed by atoms with Gasteiger partial charge < -0.3 is 23.6 Å². The second kappa shape index (κ2) is 16.4. The van der Waals surface area contributed by atoms with Gasteiger partial charge in [0.05, 0.1) is 43.5 Å². The van der Waals surface area contributed by atoms with Crippen molar-refractivity contribution in [3.63, 3.8) is 0 Å². The van der Waals surface area contributed by atoms with Crippen molar-refractivity contribution in [3.05, 3.63) is 65.2 Å². The quantitative estimate of drug-likeness (QED) is 0.239. The summed E-state index contributed by atoms with van der Waals surface area (Å²) in [5, 5.41) is 18.9. The van der Waals surface area contributed by atoms with E-state index in [9.17, 15) is 24.3 Å². The maximum absolute atomic E-state index is 12.4. The molecule has 2 aliphatic carbocycles. The molecule has 0 amide bonds. The van der Waals surface area contributed by atoms with Gasteiger partial charge in [0.15, 0.2) is 0 Å². The number of ether oxygens (including phenoxy) is 2. The summed E-state index contributed by atoms with van der Waals surface area (Å²) in [6.45, 7) is 16.4. The van der Waals surface area contributed by atoms with Gasteiger partial charge in [-0.2, -0.15) is 5.26 Å². The second-order valence-corrected chi connectivity index (χ2v) is 16.5. The van der Waals surface area contributed by atoms with E-state index in [1.165, 1.54) is 15.3 Å². The number of aliphatic hydroxyl groups excluding tert-OH is 1. The number of hydrogen-bond acceptors (Lipinski definition) is 11. The lowest BCUT2D eigenvalue weighted by atomic mass is 9.94. The molecule has 2 aromatic rings. The summed E-state index contributed by atoms with van der Waals surface area (Å²) < 4.78 is 29.9. The molecule has 1 unspecified atom stereocenters. The average molecular weight is 733 g/mol. The maximum atomic E-state index is 12.4. The lowest BCUT2D eigenvalue weighted by molar-refractivity contribution is -0.0555. The molecule has 2 saturated carbocycles. The Bertz CT molecular complexity index is 1780. The largest absolute Gasteiger partial charge is 0.390 e. The van der Waals surface area contributed by atoms with Crippen molar-refractivity contribution in [2.75, 3.05) is 6.61 Å². The third-order valence-corrected chi connectivity index (χ3v) is 12.8. The van der Waals surface area contributed by atoms with E-state index in [2.05, 4.69) is 62.3 Å². The minimum atomic E-state index is -1.37. The standard InChI is InChI=1S/C22H35N4O5P.C13H18N2O4/c1-13(2)26(14(3)4)32(29-9-7-8-23)31-18-10-15(5)17-11-19(30-20(17)18)25-12-16(6)21(27)24-22(25)28;1-6-3-9(16)11-8(6)4-10(19-11)15-5-7(2)12(17)14-13(15)18/h12-15,17-20H,7,9-11H2,1-6H3,(H,24,27,28);5-6,8-11,16H,3-4H2,1-2H3,(H,14,17,18)/t15-,17+,18-,19+,20+,32?;6-,8+,9-,10+,11+/m11/s1. The van der Waals surface area contributed by atoms with Crippen LogP contribution in [0.2, 0.25) is 0 Å². The Morgan fingerprint density at radius 3 is 1.86 bits per heavy atom. The molecular weight excluding hydrogens is 679 g/mol. The van der Waals surface area contributed by atoms with Gasteiger partial charge in [-0.25, -0.2) is 14.3 Å². The van der Waals surface area contributed by atoms with Crippen LogP contribution >= 0.6 is 8.53 Å². The molecule has 2 aromatic heterocycles. The number of aryl methyl sites for hydroxylation is 2. The van der Waals surface area contributed by atoms with E-state index in [-0.39, 0.29) is 53.3 Å². The van der Waals surface area contributed by atoms with Gasteiger partial charge >= 0.3 is 11.4 Å². The Morgan fingerprint density at radius 2 is 1.37 bits per heavy atom. The Balaban J connectivity index is 0.000000224. The molecule has 4 aliphatic rings. The Labute approximate surface area is 298 Å². The van der Waals surface area contributed by atoms with Crippen LogP contribution in [-0.4, -0.2) is 72.0 Å². The van der Waals surface area contributed by atoms with Crippen LogP contribution in [0.3, 0.4) is 0 Å². The van der Waals surface area contributed by atoms with Gasteiger partial charge in [-0.05, 0) is 90.9 Å². The van der Waals surface area contributed by atoms with E-state index >= 15 is 0 Å². The van der Waals surface area contributed by atoms with Gasteiger partial charge in [0.1, 0.15) is 12.5 Å². The number of rotatable bonds is 10. The number of hydrogen-bond donors (Lipinski definition) is 3. The second-order valence-electron chi connectivity index (χ2n) is 15.1. The van der Waals surface area contributed by atoms with Crippen LogP contribution in [0.25, 0.3) is 0 Å². The topological polar surface area (TPSA) is 194 Å². The molecule has 11 atom stereocenters. The molecule has 282 valence electrons. The van der Waals surface area contributed by atoms with Crippen LogP contribution in [0.5, 0.6) is 0 Å². The fourth-order valence-corrected chi connectivity index (χ4v) is 9.84. The molecule has 4 fully saturated rings. The third-order valence-electron chi connectivity index (χ3n) is 10.6. The van der Waals surface area contributed by atoms with E-state index in [1.807, 2.05) is 0 Å². The molecule has 2 aliphatic heterocycles. The van der Waals surface area contributed by atoms with Crippen molar-refractivity contribution in [3.8, 4) is 6.07 Å². The molecule has 0 aromatic carbocycles. The van der Waals surface area contributed by atoms with Crippen LogP contribution in [0.15, 0.2) is 31.6 Å². The third kappa shape index (κ3) is 8.49. The van der Waals surface area contributed by atoms with Gasteiger partial charge in [0.2, 0.25) is 0 Å². The van der Waals surface area contributed by atoms with Gasteiger partial charge in [-0.3, -0.25) is 28.7 Å². The predicted molar refractivity (Wildman–Crippen MR) is 190 cm³/mol. The van der Waals surface area contributed by atoms with Gasteiger partial charge in [-0.1, -0.05) is 13.8 Å². The lowest BCUT2D eigenvalue weighted by Gasteiger charge is -2.37. The fourth-order valence-electron chi connectivity index (χ4n) is 8.10.